The van der Waals surface area contributed by atoms with E-state index in [9.17, 15) is 45.6 Å². The van der Waals surface area contributed by atoms with Crippen LogP contribution in [0, 0.1) is 0 Å². The third kappa shape index (κ3) is 36.3. The van der Waals surface area contributed by atoms with Crippen molar-refractivity contribution >= 4 is 5.91 Å². The summed E-state index contributed by atoms with van der Waals surface area (Å²) in [5.41, 5.74) is 0. The average Bonchev–Trinajstić information content (AvgIpc) is 3.38. The Bertz CT molecular complexity index is 1840. The van der Waals surface area contributed by atoms with Gasteiger partial charge in [0.15, 0.2) is 12.6 Å². The summed E-state index contributed by atoms with van der Waals surface area (Å²) in [6.45, 7) is 2.69. The fraction of sp³-hybridized carbons (Fsp3) is 0.691. The molecule has 2 aliphatic rings. The predicted molar refractivity (Wildman–Crippen MR) is 332 cm³/mol. The zero-order valence-electron chi connectivity index (χ0n) is 50.4. The quantitative estimate of drug-likeness (QED) is 0.0204. The van der Waals surface area contributed by atoms with Crippen molar-refractivity contribution in [3.05, 3.63) is 122 Å². The minimum Gasteiger partial charge on any atom is -0.394 e. The molecule has 468 valence electrons. The molecule has 0 aromatic rings. The molecule has 2 saturated heterocycles. The van der Waals surface area contributed by atoms with E-state index in [1.54, 1.807) is 0 Å². The van der Waals surface area contributed by atoms with E-state index in [4.69, 9.17) is 18.9 Å². The number of unbranched alkanes of at least 4 members (excludes halogenated alkanes) is 16. The summed E-state index contributed by atoms with van der Waals surface area (Å²) in [5.74, 6) is -0.223. The van der Waals surface area contributed by atoms with Gasteiger partial charge >= 0.3 is 0 Å². The average molecular weight is 1150 g/mol. The van der Waals surface area contributed by atoms with Gasteiger partial charge in [0.2, 0.25) is 5.91 Å². The van der Waals surface area contributed by atoms with Crippen molar-refractivity contribution in [1.82, 2.24) is 5.32 Å². The van der Waals surface area contributed by atoms with Crippen molar-refractivity contribution in [2.75, 3.05) is 19.8 Å². The fourth-order valence-corrected chi connectivity index (χ4v) is 9.62. The number of allylic oxidation sites excluding steroid dienone is 20. The first-order chi connectivity index (χ1) is 40.1. The van der Waals surface area contributed by atoms with Crippen LogP contribution < -0.4 is 5.32 Å². The van der Waals surface area contributed by atoms with E-state index >= 15 is 0 Å². The topological polar surface area (TPSA) is 228 Å². The Kier molecular flexibility index (Phi) is 47.0. The minimum absolute atomic E-state index is 0.223. The van der Waals surface area contributed by atoms with Gasteiger partial charge in [0, 0.05) is 6.42 Å². The molecule has 12 unspecified atom stereocenters. The number of hydrogen-bond donors (Lipinski definition) is 9. The Morgan fingerprint density at radius 3 is 1.29 bits per heavy atom. The summed E-state index contributed by atoms with van der Waals surface area (Å²) in [7, 11) is 0. The van der Waals surface area contributed by atoms with Crippen molar-refractivity contribution in [2.45, 2.75) is 280 Å². The lowest BCUT2D eigenvalue weighted by Crippen LogP contribution is -2.65. The molecule has 14 heteroatoms. The zero-order valence-corrected chi connectivity index (χ0v) is 50.4. The molecule has 2 rings (SSSR count). The Labute approximate surface area is 495 Å². The van der Waals surface area contributed by atoms with Crippen molar-refractivity contribution in [1.29, 1.82) is 0 Å². The Balaban J connectivity index is 1.60. The van der Waals surface area contributed by atoms with Gasteiger partial charge in [-0.2, -0.15) is 0 Å². The van der Waals surface area contributed by atoms with E-state index in [-0.39, 0.29) is 18.9 Å². The number of carbonyl (C=O) groups is 1. The maximum Gasteiger partial charge on any atom is 0.220 e. The van der Waals surface area contributed by atoms with Crippen LogP contribution in [-0.4, -0.2) is 140 Å². The first kappa shape index (κ1) is 74.5. The highest BCUT2D eigenvalue weighted by atomic mass is 16.7. The Morgan fingerprint density at radius 2 is 0.841 bits per heavy atom. The van der Waals surface area contributed by atoms with Crippen molar-refractivity contribution < 1.29 is 64.6 Å². The van der Waals surface area contributed by atoms with Crippen LogP contribution >= 0.6 is 0 Å². The van der Waals surface area contributed by atoms with Gasteiger partial charge in [0.25, 0.3) is 0 Å². The molecule has 0 aliphatic carbocycles. The fourth-order valence-electron chi connectivity index (χ4n) is 9.62. The minimum atomic E-state index is -1.79. The third-order valence-electron chi connectivity index (χ3n) is 14.7. The number of hydrogen-bond acceptors (Lipinski definition) is 13. The molecule has 0 bridgehead atoms. The third-order valence-corrected chi connectivity index (χ3v) is 14.7. The molecule has 2 heterocycles. The van der Waals surface area contributed by atoms with E-state index in [1.807, 2.05) is 0 Å². The lowest BCUT2D eigenvalue weighted by atomic mass is 9.97. The monoisotopic (exact) mass is 1150 g/mol. The molecule has 1 amide bonds. The number of amides is 1. The van der Waals surface area contributed by atoms with Gasteiger partial charge < -0.3 is 65.1 Å². The molecule has 12 atom stereocenters. The van der Waals surface area contributed by atoms with Crippen molar-refractivity contribution in [3.63, 3.8) is 0 Å². The zero-order chi connectivity index (χ0) is 59.5. The molecule has 82 heavy (non-hydrogen) atoms. The summed E-state index contributed by atoms with van der Waals surface area (Å²) in [6.07, 6.45) is 58.0. The second-order valence-corrected chi connectivity index (χ2v) is 21.8. The summed E-state index contributed by atoms with van der Waals surface area (Å²) in [5, 5.41) is 87.0. The summed E-state index contributed by atoms with van der Waals surface area (Å²) in [6, 6.07) is -0.839. The van der Waals surface area contributed by atoms with Crippen LogP contribution in [0.3, 0.4) is 0 Å². The molecule has 0 aromatic carbocycles. The first-order valence-electron chi connectivity index (χ1n) is 31.8. The van der Waals surface area contributed by atoms with E-state index in [0.29, 0.717) is 12.8 Å². The van der Waals surface area contributed by atoms with Gasteiger partial charge in [-0.05, 0) is 89.9 Å². The van der Waals surface area contributed by atoms with Gasteiger partial charge in [0.1, 0.15) is 48.8 Å². The molecule has 9 N–H and O–H groups in total. The maximum absolute atomic E-state index is 13.2. The highest BCUT2D eigenvalue weighted by Gasteiger charge is 2.51. The smallest absolute Gasteiger partial charge is 0.220 e. The standard InChI is InChI=1S/C68H113NO13/c1-3-5-7-9-11-13-14-15-16-17-18-19-20-21-22-23-24-25-26-27-28-29-30-31-32-33-34-35-36-37-38-39-40-41-42-44-46-48-50-52-60(73)69-56(57(72)51-49-47-45-43-12-10-8-6-4-2)55-79-67-65(78)63(76)66(59(54-71)81-67)82-68-64(77)62(75)61(74)58(53-70)80-68/h5,7,11,13,15-16,18-19,21-22,24-25,27-28,30-31,33-34,36-37,56-59,61-68,70-72,74-78H,3-4,6,8-10,12,14,17,20,23,26,29,32,35,38-55H2,1-2H3,(H,69,73)/b7-5-,13-11-,16-15-,19-18-,22-21-,25-24-,28-27-,31-30-,34-33-,37-36-. The molecular formula is C68H113NO13. The van der Waals surface area contributed by atoms with Gasteiger partial charge in [-0.1, -0.05) is 232 Å². The van der Waals surface area contributed by atoms with E-state index in [1.165, 1.54) is 51.4 Å². The molecular weight excluding hydrogens is 1040 g/mol. The lowest BCUT2D eigenvalue weighted by molar-refractivity contribution is -0.359. The molecule has 2 aliphatic heterocycles. The molecule has 0 aromatic heterocycles. The second-order valence-electron chi connectivity index (χ2n) is 21.8. The number of carbonyl (C=O) groups excluding carboxylic acids is 1. The predicted octanol–water partition coefficient (Wildman–Crippen LogP) is 11.8. The van der Waals surface area contributed by atoms with Crippen LogP contribution in [0.25, 0.3) is 0 Å². The van der Waals surface area contributed by atoms with Crippen LogP contribution in [-0.2, 0) is 23.7 Å². The molecule has 2 fully saturated rings. The number of ether oxygens (including phenoxy) is 4. The first-order valence-corrected chi connectivity index (χ1v) is 31.8. The molecule has 0 saturated carbocycles. The molecule has 0 radical (unpaired) electrons. The maximum atomic E-state index is 13.2. The summed E-state index contributed by atoms with van der Waals surface area (Å²) < 4.78 is 22.8. The molecule has 14 nitrogen and oxygen atoms in total. The van der Waals surface area contributed by atoms with Crippen LogP contribution in [0.2, 0.25) is 0 Å². The highest BCUT2D eigenvalue weighted by molar-refractivity contribution is 5.76. The lowest BCUT2D eigenvalue weighted by Gasteiger charge is -2.46. The van der Waals surface area contributed by atoms with Crippen LogP contribution in [0.5, 0.6) is 0 Å². The number of nitrogens with one attached hydrogen (secondary N) is 1. The van der Waals surface area contributed by atoms with E-state index in [0.717, 1.165) is 122 Å². The van der Waals surface area contributed by atoms with Gasteiger partial charge in [0.05, 0.1) is 32.0 Å². The van der Waals surface area contributed by atoms with E-state index in [2.05, 4.69) is 141 Å². The van der Waals surface area contributed by atoms with Gasteiger partial charge in [-0.15, -0.1) is 0 Å². The van der Waals surface area contributed by atoms with Gasteiger partial charge in [-0.25, -0.2) is 0 Å². The number of aliphatic hydroxyl groups excluding tert-OH is 8. The second kappa shape index (κ2) is 51.8. The number of rotatable bonds is 49. The van der Waals surface area contributed by atoms with Crippen LogP contribution in [0.1, 0.15) is 206 Å². The Morgan fingerprint density at radius 1 is 0.451 bits per heavy atom. The van der Waals surface area contributed by atoms with Crippen molar-refractivity contribution in [3.8, 4) is 0 Å². The SMILES string of the molecule is CC/C=C\C/C=C\C/C=C\C/C=C\C/C=C\C/C=C\C/C=C\C/C=C\C/C=C\C/C=C\CCCCCCCCCCC(=O)NC(COC1OC(CO)C(OC2OC(CO)C(O)C(O)C2O)C(O)C1O)C(O)CCCCCCCCCCC. The van der Waals surface area contributed by atoms with Crippen molar-refractivity contribution in [2.24, 2.45) is 0 Å². The van der Waals surface area contributed by atoms with E-state index < -0.39 is 86.8 Å². The normalized spacial score (nSPS) is 24.8. The summed E-state index contributed by atoms with van der Waals surface area (Å²) in [4.78, 5) is 13.2. The van der Waals surface area contributed by atoms with Crippen LogP contribution in [0.15, 0.2) is 122 Å². The summed E-state index contributed by atoms with van der Waals surface area (Å²) >= 11 is 0. The largest absolute Gasteiger partial charge is 0.394 e. The van der Waals surface area contributed by atoms with Gasteiger partial charge in [-0.3, -0.25) is 4.79 Å². The van der Waals surface area contributed by atoms with Crippen LogP contribution in [0.4, 0.5) is 0 Å². The number of aliphatic hydroxyl groups is 8. The molecule has 0 spiro atoms. The Hall–Kier alpha value is -3.61. The highest BCUT2D eigenvalue weighted by Crippen LogP contribution is 2.30.